The molecule has 2 rings (SSSR count). The van der Waals surface area contributed by atoms with Gasteiger partial charge in [-0.1, -0.05) is 19.9 Å². The minimum atomic E-state index is -0.872. The summed E-state index contributed by atoms with van der Waals surface area (Å²) in [5.41, 5.74) is -0.424. The summed E-state index contributed by atoms with van der Waals surface area (Å²) in [4.78, 5) is 26.0. The minimum Gasteiger partial charge on any atom is -0.481 e. The summed E-state index contributed by atoms with van der Waals surface area (Å²) in [5.74, 6) is -1.88. The summed E-state index contributed by atoms with van der Waals surface area (Å²) in [5, 5.41) is 11.0. The van der Waals surface area contributed by atoms with Crippen LogP contribution in [0.5, 0.6) is 0 Å². The second kappa shape index (κ2) is 4.39. The van der Waals surface area contributed by atoms with Crippen LogP contribution in [-0.2, 0) is 16.1 Å². The summed E-state index contributed by atoms with van der Waals surface area (Å²) in [6, 6.07) is 3.92. The highest BCUT2D eigenvalue weighted by Crippen LogP contribution is 2.59. The minimum absolute atomic E-state index is 0.0687. The smallest absolute Gasteiger partial charge is 0.307 e. The summed E-state index contributed by atoms with van der Waals surface area (Å²) >= 11 is 1.60. The standard InChI is InChI=1S/C13H17NO3S/c1-13(2)9(10(13)12(16)17)11(15)14(3)7-8-5-4-6-18-8/h4-6,9-10H,7H2,1-3H3,(H,16,17). The Bertz CT molecular complexity index is 467. The van der Waals surface area contributed by atoms with Gasteiger partial charge in [0, 0.05) is 11.9 Å². The predicted octanol–water partition coefficient (Wildman–Crippen LogP) is 2.06. The van der Waals surface area contributed by atoms with Gasteiger partial charge in [-0.2, -0.15) is 0 Å². The fourth-order valence-corrected chi connectivity index (χ4v) is 3.27. The maximum absolute atomic E-state index is 12.2. The van der Waals surface area contributed by atoms with Gasteiger partial charge in [0.1, 0.15) is 0 Å². The highest BCUT2D eigenvalue weighted by Gasteiger charge is 2.66. The van der Waals surface area contributed by atoms with E-state index in [1.54, 1.807) is 23.3 Å². The Balaban J connectivity index is 2.02. The molecule has 1 N–H and O–H groups in total. The first kappa shape index (κ1) is 13.1. The van der Waals surface area contributed by atoms with Crippen molar-refractivity contribution < 1.29 is 14.7 Å². The molecule has 98 valence electrons. The lowest BCUT2D eigenvalue weighted by molar-refractivity contribution is -0.141. The molecule has 1 amide bonds. The van der Waals surface area contributed by atoms with Gasteiger partial charge in [0.2, 0.25) is 5.91 Å². The molecule has 0 bridgehead atoms. The maximum Gasteiger partial charge on any atom is 0.307 e. The van der Waals surface area contributed by atoms with Crippen molar-refractivity contribution in [2.75, 3.05) is 7.05 Å². The van der Waals surface area contributed by atoms with E-state index in [-0.39, 0.29) is 11.8 Å². The summed E-state index contributed by atoms with van der Waals surface area (Å²) in [6.07, 6.45) is 0. The highest BCUT2D eigenvalue weighted by atomic mass is 32.1. The van der Waals surface area contributed by atoms with E-state index in [1.807, 2.05) is 31.4 Å². The lowest BCUT2D eigenvalue weighted by atomic mass is 10.1. The van der Waals surface area contributed by atoms with Gasteiger partial charge in [-0.25, -0.2) is 0 Å². The van der Waals surface area contributed by atoms with Gasteiger partial charge in [0.25, 0.3) is 0 Å². The third-order valence-corrected chi connectivity index (χ3v) is 4.57. The number of aliphatic carboxylic acids is 1. The molecule has 2 atom stereocenters. The number of carboxylic acid groups (broad SMARTS) is 1. The van der Waals surface area contributed by atoms with Crippen LogP contribution in [0, 0.1) is 17.3 Å². The number of amides is 1. The van der Waals surface area contributed by atoms with Crippen molar-refractivity contribution >= 4 is 23.2 Å². The zero-order valence-corrected chi connectivity index (χ0v) is 11.5. The van der Waals surface area contributed by atoms with Crippen LogP contribution in [0.2, 0.25) is 0 Å². The van der Waals surface area contributed by atoms with Crippen molar-refractivity contribution in [2.24, 2.45) is 17.3 Å². The molecule has 18 heavy (non-hydrogen) atoms. The van der Waals surface area contributed by atoms with Gasteiger partial charge in [-0.3, -0.25) is 9.59 Å². The number of carbonyl (C=O) groups is 2. The molecule has 1 heterocycles. The van der Waals surface area contributed by atoms with E-state index in [1.165, 1.54) is 0 Å². The topological polar surface area (TPSA) is 57.6 Å². The number of rotatable bonds is 4. The lowest BCUT2D eigenvalue weighted by Gasteiger charge is -2.17. The van der Waals surface area contributed by atoms with Gasteiger partial charge >= 0.3 is 5.97 Å². The van der Waals surface area contributed by atoms with Crippen molar-refractivity contribution in [1.29, 1.82) is 0 Å². The van der Waals surface area contributed by atoms with E-state index in [9.17, 15) is 9.59 Å². The number of carboxylic acids is 1. The van der Waals surface area contributed by atoms with E-state index in [2.05, 4.69) is 0 Å². The van der Waals surface area contributed by atoms with E-state index < -0.39 is 17.3 Å². The molecule has 5 heteroatoms. The monoisotopic (exact) mass is 267 g/mol. The van der Waals surface area contributed by atoms with Crippen LogP contribution in [0.3, 0.4) is 0 Å². The number of hydrogen-bond donors (Lipinski definition) is 1. The van der Waals surface area contributed by atoms with Crippen LogP contribution in [0.1, 0.15) is 18.7 Å². The van der Waals surface area contributed by atoms with Crippen LogP contribution < -0.4 is 0 Å². The predicted molar refractivity (Wildman–Crippen MR) is 69.2 cm³/mol. The molecule has 1 aromatic heterocycles. The van der Waals surface area contributed by atoms with E-state index in [4.69, 9.17) is 5.11 Å². The molecule has 2 unspecified atom stereocenters. The normalized spacial score (nSPS) is 24.6. The Labute approximate surface area is 110 Å². The number of nitrogens with zero attached hydrogens (tertiary/aromatic N) is 1. The van der Waals surface area contributed by atoms with Crippen molar-refractivity contribution in [3.63, 3.8) is 0 Å². The van der Waals surface area contributed by atoms with Crippen molar-refractivity contribution in [2.45, 2.75) is 20.4 Å². The van der Waals surface area contributed by atoms with E-state index in [0.29, 0.717) is 6.54 Å². The first-order valence-electron chi connectivity index (χ1n) is 5.86. The fraction of sp³-hybridized carbons (Fsp3) is 0.538. The molecule has 1 aliphatic rings. The average Bonchev–Trinajstić information content (AvgIpc) is 2.63. The number of carbonyl (C=O) groups excluding carboxylic acids is 1. The van der Waals surface area contributed by atoms with Crippen molar-refractivity contribution in [1.82, 2.24) is 4.90 Å². The molecule has 4 nitrogen and oxygen atoms in total. The van der Waals surface area contributed by atoms with Gasteiger partial charge in [-0.05, 0) is 16.9 Å². The van der Waals surface area contributed by atoms with Crippen LogP contribution in [-0.4, -0.2) is 28.9 Å². The number of hydrogen-bond acceptors (Lipinski definition) is 3. The van der Waals surface area contributed by atoms with Crippen LogP contribution in [0.15, 0.2) is 17.5 Å². The van der Waals surface area contributed by atoms with Gasteiger partial charge in [0.15, 0.2) is 0 Å². The fourth-order valence-electron chi connectivity index (χ4n) is 2.51. The molecule has 1 aliphatic carbocycles. The van der Waals surface area contributed by atoms with Crippen LogP contribution in [0.25, 0.3) is 0 Å². The Morgan fingerprint density at radius 1 is 1.44 bits per heavy atom. The van der Waals surface area contributed by atoms with Crippen LogP contribution in [0.4, 0.5) is 0 Å². The Kier molecular flexibility index (Phi) is 3.19. The van der Waals surface area contributed by atoms with Crippen molar-refractivity contribution in [3.8, 4) is 0 Å². The maximum atomic E-state index is 12.2. The quantitative estimate of drug-likeness (QED) is 0.908. The first-order chi connectivity index (χ1) is 8.35. The highest BCUT2D eigenvalue weighted by molar-refractivity contribution is 7.09. The molecule has 0 aliphatic heterocycles. The van der Waals surface area contributed by atoms with Crippen molar-refractivity contribution in [3.05, 3.63) is 22.4 Å². The molecule has 1 fully saturated rings. The summed E-state index contributed by atoms with van der Waals surface area (Å²) in [7, 11) is 1.73. The average molecular weight is 267 g/mol. The SMILES string of the molecule is CN(Cc1cccs1)C(=O)C1C(C(=O)O)C1(C)C. The Morgan fingerprint density at radius 2 is 2.11 bits per heavy atom. The molecular formula is C13H17NO3S. The summed E-state index contributed by atoms with van der Waals surface area (Å²) in [6.45, 7) is 4.23. The molecule has 0 aromatic carbocycles. The molecular weight excluding hydrogens is 250 g/mol. The zero-order valence-electron chi connectivity index (χ0n) is 10.7. The molecule has 0 saturated heterocycles. The van der Waals surface area contributed by atoms with Gasteiger partial charge in [-0.15, -0.1) is 11.3 Å². The lowest BCUT2D eigenvalue weighted by Crippen LogP contribution is -2.29. The third kappa shape index (κ3) is 2.14. The third-order valence-electron chi connectivity index (χ3n) is 3.71. The van der Waals surface area contributed by atoms with Gasteiger partial charge in [0.05, 0.1) is 18.4 Å². The van der Waals surface area contributed by atoms with E-state index >= 15 is 0 Å². The Hall–Kier alpha value is -1.36. The second-order valence-electron chi connectivity index (χ2n) is 5.39. The van der Waals surface area contributed by atoms with Crippen LogP contribution >= 0.6 is 11.3 Å². The first-order valence-corrected chi connectivity index (χ1v) is 6.74. The second-order valence-corrected chi connectivity index (χ2v) is 6.42. The molecule has 0 spiro atoms. The number of thiophene rings is 1. The largest absolute Gasteiger partial charge is 0.481 e. The molecule has 1 saturated carbocycles. The zero-order chi connectivity index (χ0) is 13.5. The molecule has 1 aromatic rings. The van der Waals surface area contributed by atoms with Gasteiger partial charge < -0.3 is 10.0 Å². The Morgan fingerprint density at radius 3 is 2.56 bits per heavy atom. The van der Waals surface area contributed by atoms with E-state index in [0.717, 1.165) is 4.88 Å². The summed E-state index contributed by atoms with van der Waals surface area (Å²) < 4.78 is 0. The molecule has 0 radical (unpaired) electrons.